The second kappa shape index (κ2) is 10.6. The molecule has 9 nitrogen and oxygen atoms in total. The van der Waals surface area contributed by atoms with Gasteiger partial charge in [0, 0.05) is 13.3 Å². The zero-order chi connectivity index (χ0) is 19.6. The van der Waals surface area contributed by atoms with Crippen LogP contribution in [-0.2, 0) is 19.7 Å². The number of nitrogens with zero attached hydrogens (tertiary/aromatic N) is 2. The standard InChI is InChI=1S/C9H20N2O4S.C5H11NO2/c1-9(12)10-5-7-11(2,3)6-4-8-16(13,14)15;1-6(2,3)4-5(7)8/h4-8H2,1-3H3,(H-,10,12,13,14,15);4H2,1-3H3/p+2. The highest BCUT2D eigenvalue weighted by Gasteiger charge is 2.16. The predicted molar refractivity (Wildman–Crippen MR) is 92.1 cm³/mol. The second-order valence-corrected chi connectivity index (χ2v) is 8.92. The topological polar surface area (TPSA) is 121 Å². The summed E-state index contributed by atoms with van der Waals surface area (Å²) in [5.74, 6) is -1.04. The molecule has 1 amide bonds. The van der Waals surface area contributed by atoms with Crippen LogP contribution < -0.4 is 5.32 Å². The minimum absolute atomic E-state index is 0.0714. The molecule has 0 aliphatic heterocycles. The van der Waals surface area contributed by atoms with E-state index in [0.29, 0.717) is 28.5 Å². The number of carboxylic acids is 1. The molecule has 24 heavy (non-hydrogen) atoms. The molecule has 0 heterocycles. The van der Waals surface area contributed by atoms with Gasteiger partial charge >= 0.3 is 5.97 Å². The lowest BCUT2D eigenvalue weighted by molar-refractivity contribution is -0.889. The number of carbonyl (C=O) groups excluding carboxylic acids is 1. The Kier molecular flexibility index (Phi) is 11.0. The zero-order valence-corrected chi connectivity index (χ0v) is 16.4. The number of hydrogen-bond acceptors (Lipinski definition) is 4. The third-order valence-corrected chi connectivity index (χ3v) is 3.67. The van der Waals surface area contributed by atoms with Crippen LogP contribution >= 0.6 is 0 Å². The number of amides is 1. The van der Waals surface area contributed by atoms with Crippen LogP contribution in [0.3, 0.4) is 0 Å². The number of carboxylic acid groups (broad SMARTS) is 1. The molecule has 0 aromatic carbocycles. The Morgan fingerprint density at radius 3 is 1.83 bits per heavy atom. The van der Waals surface area contributed by atoms with Crippen molar-refractivity contribution < 1.29 is 36.6 Å². The van der Waals surface area contributed by atoms with Crippen LogP contribution in [0.15, 0.2) is 0 Å². The number of nitrogens with one attached hydrogen (secondary N) is 1. The van der Waals surface area contributed by atoms with E-state index in [1.807, 2.05) is 35.2 Å². The first-order valence-corrected chi connectivity index (χ1v) is 9.19. The minimum atomic E-state index is -3.86. The highest BCUT2D eigenvalue weighted by molar-refractivity contribution is 7.85. The van der Waals surface area contributed by atoms with Gasteiger partial charge in [-0.05, 0) is 0 Å². The number of aliphatic carboxylic acids is 1. The summed E-state index contributed by atoms with van der Waals surface area (Å²) in [7, 11) is 5.56. The van der Waals surface area contributed by atoms with Crippen molar-refractivity contribution >= 4 is 22.0 Å². The van der Waals surface area contributed by atoms with Crippen molar-refractivity contribution in [1.82, 2.24) is 5.32 Å². The van der Waals surface area contributed by atoms with Crippen LogP contribution in [0.1, 0.15) is 13.3 Å². The van der Waals surface area contributed by atoms with Crippen LogP contribution in [0, 0.1) is 0 Å². The molecule has 0 rings (SSSR count). The lowest BCUT2D eigenvalue weighted by Gasteiger charge is -2.29. The smallest absolute Gasteiger partial charge is 0.359 e. The molecule has 0 atom stereocenters. The van der Waals surface area contributed by atoms with Crippen molar-refractivity contribution in [2.75, 3.05) is 67.2 Å². The average molecular weight is 372 g/mol. The van der Waals surface area contributed by atoms with Crippen LogP contribution in [0.5, 0.6) is 0 Å². The predicted octanol–water partition coefficient (Wildman–Crippen LogP) is -0.746. The van der Waals surface area contributed by atoms with Crippen molar-refractivity contribution in [3.63, 3.8) is 0 Å². The second-order valence-electron chi connectivity index (χ2n) is 7.35. The summed E-state index contributed by atoms with van der Waals surface area (Å²) in [5, 5.41) is 10.9. The average Bonchev–Trinajstić information content (AvgIpc) is 2.22. The summed E-state index contributed by atoms with van der Waals surface area (Å²) in [5.41, 5.74) is 0. The highest BCUT2D eigenvalue weighted by atomic mass is 32.2. The molecule has 0 saturated carbocycles. The molecule has 0 fully saturated rings. The van der Waals surface area contributed by atoms with E-state index in [-0.39, 0.29) is 18.2 Å². The van der Waals surface area contributed by atoms with Gasteiger partial charge in [0.2, 0.25) is 5.91 Å². The summed E-state index contributed by atoms with van der Waals surface area (Å²) in [6.07, 6.45) is 0.409. The molecular formula is C14H33N3O6S+2. The van der Waals surface area contributed by atoms with E-state index in [1.165, 1.54) is 6.92 Å². The third-order valence-electron chi connectivity index (χ3n) is 2.87. The molecule has 10 heteroatoms. The largest absolute Gasteiger partial charge is 0.477 e. The highest BCUT2D eigenvalue weighted by Crippen LogP contribution is 2.00. The van der Waals surface area contributed by atoms with E-state index in [2.05, 4.69) is 5.32 Å². The van der Waals surface area contributed by atoms with E-state index in [9.17, 15) is 18.0 Å². The first kappa shape index (κ1) is 25.0. The van der Waals surface area contributed by atoms with E-state index in [0.717, 1.165) is 6.54 Å². The summed E-state index contributed by atoms with van der Waals surface area (Å²) in [6.45, 7) is 3.57. The Labute approximate surface area is 145 Å². The quantitative estimate of drug-likeness (QED) is 0.362. The minimum Gasteiger partial charge on any atom is -0.477 e. The number of quaternary nitrogens is 2. The van der Waals surface area contributed by atoms with Crippen LogP contribution in [-0.4, -0.2) is 106 Å². The maximum atomic E-state index is 10.6. The molecule has 0 aliphatic carbocycles. The normalized spacial score (nSPS) is 12.1. The van der Waals surface area contributed by atoms with Gasteiger partial charge in [-0.1, -0.05) is 0 Å². The fraction of sp³-hybridized carbons (Fsp3) is 0.857. The molecule has 144 valence electrons. The number of rotatable bonds is 9. The van der Waals surface area contributed by atoms with Gasteiger partial charge in [0.25, 0.3) is 10.1 Å². The lowest BCUT2D eigenvalue weighted by Crippen LogP contribution is -2.46. The molecule has 0 spiro atoms. The molecule has 0 bridgehead atoms. The zero-order valence-electron chi connectivity index (χ0n) is 15.6. The lowest BCUT2D eigenvalue weighted by atomic mass is 10.3. The van der Waals surface area contributed by atoms with E-state index < -0.39 is 16.1 Å². The monoisotopic (exact) mass is 371 g/mol. The third kappa shape index (κ3) is 23.0. The SMILES string of the molecule is CC(=O)NCC[N+](C)(C)CCCS(=O)(=O)O.C[N+](C)(C)CC(=O)O. The first-order chi connectivity index (χ1) is 10.5. The fourth-order valence-corrected chi connectivity index (χ4v) is 2.22. The van der Waals surface area contributed by atoms with Gasteiger partial charge in [0.05, 0.1) is 60.6 Å². The molecule has 0 saturated heterocycles. The Balaban J connectivity index is 0. The van der Waals surface area contributed by atoms with Crippen molar-refractivity contribution in [2.24, 2.45) is 0 Å². The van der Waals surface area contributed by atoms with E-state index >= 15 is 0 Å². The maximum Gasteiger partial charge on any atom is 0.359 e. The Morgan fingerprint density at radius 1 is 1.04 bits per heavy atom. The van der Waals surface area contributed by atoms with Crippen molar-refractivity contribution in [3.05, 3.63) is 0 Å². The van der Waals surface area contributed by atoms with Gasteiger partial charge in [-0.15, -0.1) is 0 Å². The Morgan fingerprint density at radius 2 is 1.54 bits per heavy atom. The van der Waals surface area contributed by atoms with Crippen molar-refractivity contribution in [3.8, 4) is 0 Å². The van der Waals surface area contributed by atoms with Crippen LogP contribution in [0.4, 0.5) is 0 Å². The van der Waals surface area contributed by atoms with Crippen LogP contribution in [0.2, 0.25) is 0 Å². The summed E-state index contributed by atoms with van der Waals surface area (Å²) in [6, 6.07) is 0. The van der Waals surface area contributed by atoms with Crippen LogP contribution in [0.25, 0.3) is 0 Å². The summed E-state index contributed by atoms with van der Waals surface area (Å²) < 4.78 is 30.7. The number of likely N-dealkylation sites (N-methyl/N-ethyl adjacent to an activating group) is 2. The molecule has 0 unspecified atom stereocenters. The molecular weight excluding hydrogens is 338 g/mol. The summed E-state index contributed by atoms with van der Waals surface area (Å²) in [4.78, 5) is 20.6. The van der Waals surface area contributed by atoms with Gasteiger partial charge < -0.3 is 19.4 Å². The van der Waals surface area contributed by atoms with E-state index in [1.54, 1.807) is 0 Å². The van der Waals surface area contributed by atoms with Gasteiger partial charge in [-0.2, -0.15) is 8.42 Å². The Hall–Kier alpha value is -1.23. The van der Waals surface area contributed by atoms with Gasteiger partial charge in [0.15, 0.2) is 6.54 Å². The molecule has 0 radical (unpaired) electrons. The van der Waals surface area contributed by atoms with E-state index in [4.69, 9.17) is 9.66 Å². The number of carbonyl (C=O) groups is 2. The first-order valence-electron chi connectivity index (χ1n) is 7.58. The molecule has 3 N–H and O–H groups in total. The molecule has 0 aromatic rings. The molecule has 0 aliphatic rings. The van der Waals surface area contributed by atoms with Gasteiger partial charge in [-0.3, -0.25) is 9.35 Å². The Bertz CT molecular complexity index is 497. The fourth-order valence-electron chi connectivity index (χ4n) is 1.73. The van der Waals surface area contributed by atoms with Gasteiger partial charge in [0.1, 0.15) is 0 Å². The van der Waals surface area contributed by atoms with Crippen molar-refractivity contribution in [2.45, 2.75) is 13.3 Å². The van der Waals surface area contributed by atoms with Gasteiger partial charge in [-0.25, -0.2) is 4.79 Å². The summed E-state index contributed by atoms with van der Waals surface area (Å²) >= 11 is 0. The molecule has 0 aromatic heterocycles. The van der Waals surface area contributed by atoms with Crippen molar-refractivity contribution in [1.29, 1.82) is 0 Å². The maximum absolute atomic E-state index is 10.6. The number of hydrogen-bond donors (Lipinski definition) is 3.